The minimum absolute atomic E-state index is 0.0209. The van der Waals surface area contributed by atoms with Gasteiger partial charge in [-0.1, -0.05) is 35.3 Å². The van der Waals surface area contributed by atoms with Crippen LogP contribution in [0.25, 0.3) is 0 Å². The molecule has 1 N–H and O–H groups in total. The van der Waals surface area contributed by atoms with Gasteiger partial charge >= 0.3 is 5.97 Å². The van der Waals surface area contributed by atoms with Gasteiger partial charge in [-0.2, -0.15) is 0 Å². The van der Waals surface area contributed by atoms with Crippen LogP contribution in [0.4, 0.5) is 5.69 Å². The van der Waals surface area contributed by atoms with Gasteiger partial charge in [0.05, 0.1) is 6.42 Å². The highest BCUT2D eigenvalue weighted by Crippen LogP contribution is 2.21. The van der Waals surface area contributed by atoms with E-state index in [1.54, 1.807) is 24.3 Å². The van der Waals surface area contributed by atoms with Crippen molar-refractivity contribution in [1.82, 2.24) is 0 Å². The van der Waals surface area contributed by atoms with Gasteiger partial charge in [-0.05, 0) is 54.8 Å². The van der Waals surface area contributed by atoms with Gasteiger partial charge in [0.25, 0.3) is 5.91 Å². The first-order valence-corrected chi connectivity index (χ1v) is 8.07. The van der Waals surface area contributed by atoms with E-state index in [0.717, 1.165) is 11.1 Å². The molecule has 0 aliphatic rings. The summed E-state index contributed by atoms with van der Waals surface area (Å²) >= 11 is 11.8. The molecular weight excluding hydrogens is 349 g/mol. The van der Waals surface area contributed by atoms with Crippen molar-refractivity contribution in [3.63, 3.8) is 0 Å². The van der Waals surface area contributed by atoms with Crippen LogP contribution in [0.5, 0.6) is 0 Å². The Bertz CT molecular complexity index is 775. The largest absolute Gasteiger partial charge is 0.455 e. The lowest BCUT2D eigenvalue weighted by molar-refractivity contribution is -0.146. The van der Waals surface area contributed by atoms with Crippen LogP contribution in [-0.2, 0) is 20.7 Å². The number of halogens is 2. The number of carbonyl (C=O) groups is 2. The maximum Gasteiger partial charge on any atom is 0.310 e. The lowest BCUT2D eigenvalue weighted by Crippen LogP contribution is -2.21. The molecule has 0 fully saturated rings. The van der Waals surface area contributed by atoms with E-state index in [2.05, 4.69) is 5.32 Å². The van der Waals surface area contributed by atoms with Crippen LogP contribution in [0.2, 0.25) is 10.0 Å². The van der Waals surface area contributed by atoms with Crippen LogP contribution in [0.1, 0.15) is 16.7 Å². The Morgan fingerprint density at radius 2 is 1.79 bits per heavy atom. The van der Waals surface area contributed by atoms with Crippen LogP contribution in [-0.4, -0.2) is 18.5 Å². The van der Waals surface area contributed by atoms with Gasteiger partial charge < -0.3 is 10.1 Å². The van der Waals surface area contributed by atoms with E-state index in [1.807, 2.05) is 26.0 Å². The maximum atomic E-state index is 11.8. The number of hydrogen-bond acceptors (Lipinski definition) is 3. The van der Waals surface area contributed by atoms with Gasteiger partial charge in [0.1, 0.15) is 0 Å². The molecule has 0 spiro atoms. The molecule has 0 bridgehead atoms. The number of nitrogens with one attached hydrogen (secondary N) is 1. The molecule has 126 valence electrons. The first-order valence-electron chi connectivity index (χ1n) is 7.32. The number of aryl methyl sites for hydroxylation is 2. The zero-order chi connectivity index (χ0) is 17.7. The van der Waals surface area contributed by atoms with Crippen molar-refractivity contribution in [2.24, 2.45) is 0 Å². The summed E-state index contributed by atoms with van der Waals surface area (Å²) in [6.45, 7) is 3.60. The molecular formula is C18H17Cl2NO3. The van der Waals surface area contributed by atoms with Gasteiger partial charge in [0.2, 0.25) is 0 Å². The summed E-state index contributed by atoms with van der Waals surface area (Å²) in [7, 11) is 0. The van der Waals surface area contributed by atoms with E-state index in [9.17, 15) is 9.59 Å². The highest BCUT2D eigenvalue weighted by Gasteiger charge is 2.11. The molecule has 0 aromatic heterocycles. The Labute approximate surface area is 150 Å². The molecule has 0 aliphatic heterocycles. The lowest BCUT2D eigenvalue weighted by Gasteiger charge is -2.09. The monoisotopic (exact) mass is 365 g/mol. The molecule has 1 amide bonds. The van der Waals surface area contributed by atoms with Crippen molar-refractivity contribution < 1.29 is 14.3 Å². The number of carbonyl (C=O) groups excluding carboxylic acids is 2. The third-order valence-corrected chi connectivity index (χ3v) is 4.09. The van der Waals surface area contributed by atoms with Crippen LogP contribution >= 0.6 is 23.2 Å². The smallest absolute Gasteiger partial charge is 0.310 e. The average molecular weight is 366 g/mol. The number of rotatable bonds is 5. The topological polar surface area (TPSA) is 55.4 Å². The Kier molecular flexibility index (Phi) is 6.23. The standard InChI is InChI=1S/C18H17Cl2NO3/c1-11-3-6-15(7-12(11)2)21-17(22)10-24-18(23)8-13-4-5-14(19)9-16(13)20/h3-7,9H,8,10H2,1-2H3,(H,21,22). The first kappa shape index (κ1) is 18.3. The maximum absolute atomic E-state index is 11.8. The van der Waals surface area contributed by atoms with Crippen LogP contribution < -0.4 is 5.32 Å². The molecule has 4 nitrogen and oxygen atoms in total. The lowest BCUT2D eigenvalue weighted by atomic mass is 10.1. The second kappa shape index (κ2) is 8.18. The molecule has 0 atom stereocenters. The Morgan fingerprint density at radius 1 is 1.04 bits per heavy atom. The molecule has 0 saturated heterocycles. The highest BCUT2D eigenvalue weighted by molar-refractivity contribution is 6.35. The van der Waals surface area contributed by atoms with E-state index in [4.69, 9.17) is 27.9 Å². The number of hydrogen-bond donors (Lipinski definition) is 1. The van der Waals surface area contributed by atoms with Gasteiger partial charge in [0, 0.05) is 15.7 Å². The minimum atomic E-state index is -0.533. The summed E-state index contributed by atoms with van der Waals surface area (Å²) in [5, 5.41) is 3.57. The van der Waals surface area contributed by atoms with Crippen molar-refractivity contribution in [1.29, 1.82) is 0 Å². The van der Waals surface area contributed by atoms with Crippen molar-refractivity contribution in [2.75, 3.05) is 11.9 Å². The van der Waals surface area contributed by atoms with E-state index in [1.165, 1.54) is 0 Å². The van der Waals surface area contributed by atoms with E-state index >= 15 is 0 Å². The number of ether oxygens (including phenoxy) is 1. The molecule has 0 saturated carbocycles. The van der Waals surface area contributed by atoms with E-state index < -0.39 is 11.9 Å². The first-order chi connectivity index (χ1) is 11.3. The summed E-state index contributed by atoms with van der Waals surface area (Å²) in [6.07, 6.45) is -0.0209. The molecule has 2 aromatic rings. The third kappa shape index (κ3) is 5.25. The second-order valence-electron chi connectivity index (χ2n) is 5.42. The zero-order valence-electron chi connectivity index (χ0n) is 13.4. The third-order valence-electron chi connectivity index (χ3n) is 3.50. The second-order valence-corrected chi connectivity index (χ2v) is 6.26. The van der Waals surface area contributed by atoms with E-state index in [-0.39, 0.29) is 13.0 Å². The van der Waals surface area contributed by atoms with E-state index in [0.29, 0.717) is 21.3 Å². The zero-order valence-corrected chi connectivity index (χ0v) is 14.9. The van der Waals surface area contributed by atoms with Gasteiger partial charge in [-0.3, -0.25) is 9.59 Å². The summed E-state index contributed by atoms with van der Waals surface area (Å²) in [4.78, 5) is 23.7. The summed E-state index contributed by atoms with van der Waals surface area (Å²) in [5.74, 6) is -0.928. The Hall–Kier alpha value is -2.04. The summed E-state index contributed by atoms with van der Waals surface area (Å²) < 4.78 is 4.98. The van der Waals surface area contributed by atoms with Crippen molar-refractivity contribution in [3.05, 3.63) is 63.1 Å². The van der Waals surface area contributed by atoms with Gasteiger partial charge in [0.15, 0.2) is 6.61 Å². The number of amides is 1. The fraction of sp³-hybridized carbons (Fsp3) is 0.222. The van der Waals surface area contributed by atoms with Crippen LogP contribution in [0.3, 0.4) is 0 Å². The number of anilines is 1. The normalized spacial score (nSPS) is 10.3. The van der Waals surface area contributed by atoms with Crippen LogP contribution in [0.15, 0.2) is 36.4 Å². The fourth-order valence-electron chi connectivity index (χ4n) is 2.03. The SMILES string of the molecule is Cc1ccc(NC(=O)COC(=O)Cc2ccc(Cl)cc2Cl)cc1C. The molecule has 24 heavy (non-hydrogen) atoms. The number of benzene rings is 2. The molecule has 2 rings (SSSR count). The molecule has 0 aliphatic carbocycles. The minimum Gasteiger partial charge on any atom is -0.455 e. The Morgan fingerprint density at radius 3 is 2.46 bits per heavy atom. The predicted octanol–water partition coefficient (Wildman–Crippen LogP) is 4.33. The molecule has 0 radical (unpaired) electrons. The average Bonchev–Trinajstić information content (AvgIpc) is 2.52. The van der Waals surface area contributed by atoms with Crippen LogP contribution in [0, 0.1) is 13.8 Å². The predicted molar refractivity (Wildman–Crippen MR) is 95.7 cm³/mol. The molecule has 2 aromatic carbocycles. The Balaban J connectivity index is 1.84. The molecule has 6 heteroatoms. The van der Waals surface area contributed by atoms with Crippen molar-refractivity contribution >= 4 is 40.8 Å². The number of esters is 1. The summed E-state index contributed by atoms with van der Waals surface area (Å²) in [5.41, 5.74) is 3.47. The molecule has 0 unspecified atom stereocenters. The fourth-order valence-corrected chi connectivity index (χ4v) is 2.51. The molecule has 0 heterocycles. The quantitative estimate of drug-likeness (QED) is 0.802. The van der Waals surface area contributed by atoms with Gasteiger partial charge in [-0.15, -0.1) is 0 Å². The highest BCUT2D eigenvalue weighted by atomic mass is 35.5. The van der Waals surface area contributed by atoms with Crippen molar-refractivity contribution in [2.45, 2.75) is 20.3 Å². The van der Waals surface area contributed by atoms with Crippen molar-refractivity contribution in [3.8, 4) is 0 Å². The summed E-state index contributed by atoms with van der Waals surface area (Å²) in [6, 6.07) is 10.4. The van der Waals surface area contributed by atoms with Gasteiger partial charge in [-0.25, -0.2) is 0 Å².